The Bertz CT molecular complexity index is 1220. The van der Waals surface area contributed by atoms with Gasteiger partial charge in [0.25, 0.3) is 5.91 Å². The number of thioether (sulfide) groups is 1. The van der Waals surface area contributed by atoms with Gasteiger partial charge in [0.1, 0.15) is 5.75 Å². The van der Waals surface area contributed by atoms with Crippen LogP contribution in [-0.2, 0) is 9.47 Å². The van der Waals surface area contributed by atoms with Crippen molar-refractivity contribution in [3.8, 4) is 5.75 Å². The van der Waals surface area contributed by atoms with Crippen molar-refractivity contribution in [2.75, 3.05) is 19.5 Å². The Morgan fingerprint density at radius 2 is 1.45 bits per heavy atom. The number of benzene rings is 3. The number of methoxy groups -OCH3 is 2. The summed E-state index contributed by atoms with van der Waals surface area (Å²) in [5, 5.41) is 14.3. The molecule has 1 amide bonds. The molecular formula is C22H16Cl3NO6S. The van der Waals surface area contributed by atoms with E-state index in [1.54, 1.807) is 24.3 Å². The first-order valence-corrected chi connectivity index (χ1v) is 11.1. The van der Waals surface area contributed by atoms with Gasteiger partial charge < -0.3 is 19.9 Å². The number of esters is 2. The van der Waals surface area contributed by atoms with Gasteiger partial charge in [0, 0.05) is 16.0 Å². The summed E-state index contributed by atoms with van der Waals surface area (Å²) in [7, 11) is 2.37. The van der Waals surface area contributed by atoms with Crippen LogP contribution in [0.15, 0.2) is 53.4 Å². The fourth-order valence-corrected chi connectivity index (χ4v) is 4.54. The molecule has 0 unspecified atom stereocenters. The van der Waals surface area contributed by atoms with Gasteiger partial charge in [-0.3, -0.25) is 4.79 Å². The molecule has 3 aromatic carbocycles. The smallest absolute Gasteiger partial charge is 0.337 e. The zero-order chi connectivity index (χ0) is 24.3. The number of fused-ring (bicyclic) bond motifs is 1. The van der Waals surface area contributed by atoms with Crippen LogP contribution in [-0.4, -0.2) is 40.3 Å². The summed E-state index contributed by atoms with van der Waals surface area (Å²) in [4.78, 5) is 37.5. The third-order valence-corrected chi connectivity index (χ3v) is 5.97. The highest BCUT2D eigenvalue weighted by Crippen LogP contribution is 2.47. The van der Waals surface area contributed by atoms with Gasteiger partial charge in [0.05, 0.1) is 30.9 Å². The van der Waals surface area contributed by atoms with E-state index < -0.39 is 21.0 Å². The number of ether oxygens (including phenoxy) is 2. The molecule has 33 heavy (non-hydrogen) atoms. The number of carbonyl (C=O) groups is 3. The van der Waals surface area contributed by atoms with Crippen molar-refractivity contribution >= 4 is 80.9 Å². The molecular weight excluding hydrogens is 513 g/mol. The molecule has 0 aliphatic rings. The topological polar surface area (TPSA) is 102 Å². The summed E-state index contributed by atoms with van der Waals surface area (Å²) in [6.07, 6.45) is 0. The minimum absolute atomic E-state index is 0.0193. The minimum Gasteiger partial charge on any atom is -0.506 e. The van der Waals surface area contributed by atoms with Crippen molar-refractivity contribution < 1.29 is 29.0 Å². The Labute approximate surface area is 207 Å². The summed E-state index contributed by atoms with van der Waals surface area (Å²) in [6, 6.07) is 12.1. The Hall–Kier alpha value is -2.65. The van der Waals surface area contributed by atoms with Crippen molar-refractivity contribution in [3.63, 3.8) is 0 Å². The van der Waals surface area contributed by atoms with E-state index in [0.717, 1.165) is 11.8 Å². The van der Waals surface area contributed by atoms with Crippen molar-refractivity contribution in [3.05, 3.63) is 65.2 Å². The highest BCUT2D eigenvalue weighted by Gasteiger charge is 2.26. The van der Waals surface area contributed by atoms with Crippen LogP contribution < -0.4 is 5.32 Å². The molecule has 0 atom stereocenters. The average Bonchev–Trinajstić information content (AvgIpc) is 2.78. The zero-order valence-electron chi connectivity index (χ0n) is 17.1. The fraction of sp³-hybridized carbons (Fsp3) is 0.136. The summed E-state index contributed by atoms with van der Waals surface area (Å²) in [5.74, 6) is -2.44. The predicted octanol–water partition coefficient (Wildman–Crippen LogP) is 5.79. The average molecular weight is 529 g/mol. The molecule has 0 aromatic heterocycles. The maximum Gasteiger partial charge on any atom is 0.337 e. The third kappa shape index (κ3) is 5.83. The van der Waals surface area contributed by atoms with Gasteiger partial charge in [-0.15, -0.1) is 0 Å². The molecule has 0 bridgehead atoms. The number of hydrogen-bond donors (Lipinski definition) is 2. The molecule has 7 nitrogen and oxygen atoms in total. The molecule has 0 saturated carbocycles. The third-order valence-electron chi connectivity index (χ3n) is 4.48. The Morgan fingerprint density at radius 1 is 0.909 bits per heavy atom. The van der Waals surface area contributed by atoms with E-state index in [0.29, 0.717) is 15.7 Å². The van der Waals surface area contributed by atoms with Gasteiger partial charge in [0.15, 0.2) is 0 Å². The van der Waals surface area contributed by atoms with Crippen LogP contribution >= 0.6 is 46.6 Å². The first-order chi connectivity index (χ1) is 15.5. The molecule has 0 aliphatic carbocycles. The molecule has 0 radical (unpaired) electrons. The second kappa shape index (κ2) is 10.1. The molecule has 3 aromatic rings. The van der Waals surface area contributed by atoms with Crippen LogP contribution in [0.1, 0.15) is 31.1 Å². The van der Waals surface area contributed by atoms with Crippen LogP contribution in [0.4, 0.5) is 5.69 Å². The number of carbonyl (C=O) groups excluding carboxylic acids is 3. The number of hydrogen-bond acceptors (Lipinski definition) is 7. The highest BCUT2D eigenvalue weighted by atomic mass is 35.6. The summed E-state index contributed by atoms with van der Waals surface area (Å²) >= 11 is 18.7. The quantitative estimate of drug-likeness (QED) is 0.245. The number of amides is 1. The maximum atomic E-state index is 13.1. The van der Waals surface area contributed by atoms with Gasteiger partial charge in [-0.05, 0) is 29.7 Å². The Morgan fingerprint density at radius 3 is 1.97 bits per heavy atom. The molecule has 11 heteroatoms. The molecule has 0 saturated heterocycles. The largest absolute Gasteiger partial charge is 0.506 e. The summed E-state index contributed by atoms with van der Waals surface area (Å²) in [5.41, 5.74) is 0.0386. The number of anilines is 1. The van der Waals surface area contributed by atoms with E-state index in [-0.39, 0.29) is 28.1 Å². The van der Waals surface area contributed by atoms with Crippen molar-refractivity contribution in [1.29, 1.82) is 0 Å². The number of alkyl halides is 3. The van der Waals surface area contributed by atoms with Crippen LogP contribution in [0, 0.1) is 0 Å². The summed E-state index contributed by atoms with van der Waals surface area (Å²) < 4.78 is 7.68. The predicted molar refractivity (Wildman–Crippen MR) is 129 cm³/mol. The van der Waals surface area contributed by atoms with Gasteiger partial charge in [-0.25, -0.2) is 9.59 Å². The van der Waals surface area contributed by atoms with E-state index in [9.17, 15) is 19.5 Å². The SMILES string of the molecule is COC(=O)c1cc(NC(=O)c2cc(SC(Cl)(Cl)Cl)c3ccccc3c2O)cc(C(=O)OC)c1. The Kier molecular flexibility index (Phi) is 7.64. The molecule has 0 fully saturated rings. The zero-order valence-corrected chi connectivity index (χ0v) is 20.2. The monoisotopic (exact) mass is 527 g/mol. The van der Waals surface area contributed by atoms with Crippen molar-refractivity contribution in [2.45, 2.75) is 8.02 Å². The second-order valence-electron chi connectivity index (χ2n) is 6.60. The standard InChI is InChI=1S/C22H16Cl3NO6S/c1-31-20(29)11-7-12(21(30)32-2)9-13(8-11)26-19(28)16-10-17(33-22(23,24)25)14-5-3-4-6-15(14)18(16)27/h3-10,27H,1-2H3,(H,26,28). The normalized spacial score (nSPS) is 11.2. The van der Waals surface area contributed by atoms with E-state index in [1.165, 1.54) is 38.5 Å². The molecule has 0 aliphatic heterocycles. The van der Waals surface area contributed by atoms with E-state index >= 15 is 0 Å². The maximum absolute atomic E-state index is 13.1. The molecule has 0 heterocycles. The first-order valence-electron chi connectivity index (χ1n) is 9.17. The van der Waals surface area contributed by atoms with Crippen LogP contribution in [0.25, 0.3) is 10.8 Å². The van der Waals surface area contributed by atoms with Gasteiger partial charge in [-0.2, -0.15) is 0 Å². The van der Waals surface area contributed by atoms with Crippen LogP contribution in [0.3, 0.4) is 0 Å². The van der Waals surface area contributed by atoms with E-state index in [4.69, 9.17) is 44.3 Å². The highest BCUT2D eigenvalue weighted by molar-refractivity contribution is 8.04. The lowest BCUT2D eigenvalue weighted by Crippen LogP contribution is -2.15. The number of nitrogens with one attached hydrogen (secondary N) is 1. The molecule has 0 spiro atoms. The number of phenols is 1. The van der Waals surface area contributed by atoms with E-state index in [2.05, 4.69) is 5.32 Å². The van der Waals surface area contributed by atoms with Gasteiger partial charge in [-0.1, -0.05) is 70.8 Å². The van der Waals surface area contributed by atoms with E-state index in [1.807, 2.05) is 0 Å². The number of rotatable bonds is 5. The minimum atomic E-state index is -1.71. The number of phenolic OH excluding ortho intramolecular Hbond substituents is 1. The Balaban J connectivity index is 2.07. The molecule has 172 valence electrons. The number of halogens is 3. The van der Waals surface area contributed by atoms with Crippen LogP contribution in [0.2, 0.25) is 0 Å². The lowest BCUT2D eigenvalue weighted by atomic mass is 10.0. The van der Waals surface area contributed by atoms with Gasteiger partial charge >= 0.3 is 11.9 Å². The number of aromatic hydroxyl groups is 1. The molecule has 3 rings (SSSR count). The van der Waals surface area contributed by atoms with Crippen LogP contribution in [0.5, 0.6) is 5.75 Å². The second-order valence-corrected chi connectivity index (χ2v) is 10.8. The lowest BCUT2D eigenvalue weighted by Gasteiger charge is -2.16. The van der Waals surface area contributed by atoms with Crippen molar-refractivity contribution in [2.24, 2.45) is 0 Å². The van der Waals surface area contributed by atoms with Crippen molar-refractivity contribution in [1.82, 2.24) is 0 Å². The first kappa shape index (κ1) is 25.0. The molecule has 2 N–H and O–H groups in total. The van der Waals surface area contributed by atoms with Gasteiger partial charge in [0.2, 0.25) is 3.12 Å². The fourth-order valence-electron chi connectivity index (χ4n) is 3.08. The lowest BCUT2D eigenvalue weighted by molar-refractivity contribution is 0.0598. The summed E-state index contributed by atoms with van der Waals surface area (Å²) in [6.45, 7) is 0.